The van der Waals surface area contributed by atoms with Crippen LogP contribution in [0.5, 0.6) is 0 Å². The number of aromatic nitrogens is 1. The molecule has 1 unspecified atom stereocenters. The maximum atomic E-state index is 11.6. The zero-order valence-electron chi connectivity index (χ0n) is 8.26. The lowest BCUT2D eigenvalue weighted by Gasteiger charge is -2.16. The molecule has 6 heteroatoms. The summed E-state index contributed by atoms with van der Waals surface area (Å²) in [6.45, 7) is 0.454. The zero-order valence-corrected chi connectivity index (χ0v) is 9.85. The minimum absolute atomic E-state index is 0.0532. The Morgan fingerprint density at radius 2 is 2.38 bits per heavy atom. The molecule has 16 heavy (non-hydrogen) atoms. The predicted octanol–water partition coefficient (Wildman–Crippen LogP) is 1.28. The van der Waals surface area contributed by atoms with Crippen LogP contribution in [0.2, 0.25) is 0 Å². The number of carboxylic acid groups (broad SMARTS) is 1. The summed E-state index contributed by atoms with van der Waals surface area (Å²) in [5, 5.41) is 8.99. The molecule has 1 aliphatic heterocycles. The number of anilines is 1. The van der Waals surface area contributed by atoms with E-state index in [1.807, 2.05) is 0 Å². The van der Waals surface area contributed by atoms with Crippen LogP contribution in [-0.2, 0) is 4.79 Å². The van der Waals surface area contributed by atoms with Crippen molar-refractivity contribution in [3.63, 3.8) is 0 Å². The highest BCUT2D eigenvalue weighted by Crippen LogP contribution is 2.26. The van der Waals surface area contributed by atoms with Gasteiger partial charge in [0.2, 0.25) is 5.91 Å². The van der Waals surface area contributed by atoms with Gasteiger partial charge in [-0.15, -0.1) is 0 Å². The van der Waals surface area contributed by atoms with Crippen molar-refractivity contribution in [3.8, 4) is 0 Å². The molecule has 84 valence electrons. The standard InChI is InChI=1S/C10H9BrN2O3/c11-6-4-8(14)13(5-6)9-7(10(15)16)2-1-3-12-9/h1-3,6H,4-5H2,(H,15,16). The maximum Gasteiger partial charge on any atom is 0.339 e. The molecule has 1 amide bonds. The molecule has 1 atom stereocenters. The largest absolute Gasteiger partial charge is 0.478 e. The van der Waals surface area contributed by atoms with Gasteiger partial charge in [0.1, 0.15) is 11.4 Å². The summed E-state index contributed by atoms with van der Waals surface area (Å²) >= 11 is 3.34. The first-order valence-electron chi connectivity index (χ1n) is 4.72. The minimum Gasteiger partial charge on any atom is -0.478 e. The topological polar surface area (TPSA) is 70.5 Å². The van der Waals surface area contributed by atoms with Crippen molar-refractivity contribution >= 4 is 33.6 Å². The highest BCUT2D eigenvalue weighted by Gasteiger charge is 2.31. The van der Waals surface area contributed by atoms with Crippen molar-refractivity contribution in [1.29, 1.82) is 0 Å². The van der Waals surface area contributed by atoms with Gasteiger partial charge in [-0.1, -0.05) is 15.9 Å². The molecule has 2 rings (SSSR count). The molecular formula is C10H9BrN2O3. The molecule has 5 nitrogen and oxygen atoms in total. The number of aromatic carboxylic acids is 1. The zero-order chi connectivity index (χ0) is 11.7. The van der Waals surface area contributed by atoms with E-state index in [4.69, 9.17) is 5.11 Å². The molecule has 1 N–H and O–H groups in total. The molecule has 0 radical (unpaired) electrons. The summed E-state index contributed by atoms with van der Waals surface area (Å²) < 4.78 is 0. The number of halogens is 1. The van der Waals surface area contributed by atoms with Crippen LogP contribution in [0.1, 0.15) is 16.8 Å². The molecule has 0 spiro atoms. The van der Waals surface area contributed by atoms with Crippen LogP contribution in [0.4, 0.5) is 5.82 Å². The number of hydrogen-bond donors (Lipinski definition) is 1. The Balaban J connectivity index is 2.40. The second-order valence-electron chi connectivity index (χ2n) is 3.49. The third-order valence-electron chi connectivity index (χ3n) is 2.35. The summed E-state index contributed by atoms with van der Waals surface area (Å²) in [5.74, 6) is -0.959. The van der Waals surface area contributed by atoms with Gasteiger partial charge in [-0.2, -0.15) is 0 Å². The van der Waals surface area contributed by atoms with Crippen molar-refractivity contribution in [2.24, 2.45) is 0 Å². The van der Waals surface area contributed by atoms with Crippen LogP contribution < -0.4 is 4.90 Å². The molecule has 2 heterocycles. The number of carbonyl (C=O) groups is 2. The molecule has 1 fully saturated rings. The molecule has 1 aromatic heterocycles. The Kier molecular flexibility index (Phi) is 2.91. The number of amides is 1. The third kappa shape index (κ3) is 1.92. The molecule has 0 saturated carbocycles. The van der Waals surface area contributed by atoms with E-state index in [0.29, 0.717) is 13.0 Å². The van der Waals surface area contributed by atoms with Crippen molar-refractivity contribution in [3.05, 3.63) is 23.9 Å². The highest BCUT2D eigenvalue weighted by atomic mass is 79.9. The van der Waals surface area contributed by atoms with Crippen LogP contribution in [-0.4, -0.2) is 33.3 Å². The summed E-state index contributed by atoms with van der Waals surface area (Å²) in [7, 11) is 0. The average Bonchev–Trinajstić information content (AvgIpc) is 2.57. The normalized spacial score (nSPS) is 20.2. The fraction of sp³-hybridized carbons (Fsp3) is 0.300. The smallest absolute Gasteiger partial charge is 0.339 e. The lowest BCUT2D eigenvalue weighted by molar-refractivity contribution is -0.117. The lowest BCUT2D eigenvalue weighted by Crippen LogP contribution is -2.27. The van der Waals surface area contributed by atoms with Crippen LogP contribution in [0.15, 0.2) is 18.3 Å². The monoisotopic (exact) mass is 284 g/mol. The second-order valence-corrected chi connectivity index (χ2v) is 4.78. The molecule has 0 aliphatic carbocycles. The maximum absolute atomic E-state index is 11.6. The van der Waals surface area contributed by atoms with Crippen LogP contribution in [0.25, 0.3) is 0 Å². The van der Waals surface area contributed by atoms with E-state index in [2.05, 4.69) is 20.9 Å². The minimum atomic E-state index is -1.08. The second kappa shape index (κ2) is 4.21. The van der Waals surface area contributed by atoms with Crippen LogP contribution >= 0.6 is 15.9 Å². The van der Waals surface area contributed by atoms with Crippen molar-refractivity contribution in [1.82, 2.24) is 4.98 Å². The van der Waals surface area contributed by atoms with E-state index in [9.17, 15) is 9.59 Å². The number of hydrogen-bond acceptors (Lipinski definition) is 3. The van der Waals surface area contributed by atoms with Gasteiger partial charge in [0, 0.05) is 24.0 Å². The van der Waals surface area contributed by atoms with Crippen LogP contribution in [0, 0.1) is 0 Å². The van der Waals surface area contributed by atoms with Crippen molar-refractivity contribution in [2.75, 3.05) is 11.4 Å². The van der Waals surface area contributed by atoms with E-state index in [-0.39, 0.29) is 22.1 Å². The Morgan fingerprint density at radius 3 is 2.94 bits per heavy atom. The van der Waals surface area contributed by atoms with Gasteiger partial charge in [0.15, 0.2) is 0 Å². The van der Waals surface area contributed by atoms with Gasteiger partial charge in [0.25, 0.3) is 0 Å². The van der Waals surface area contributed by atoms with Crippen molar-refractivity contribution < 1.29 is 14.7 Å². The SMILES string of the molecule is O=C(O)c1cccnc1N1CC(Br)CC1=O. The first kappa shape index (κ1) is 11.1. The summed E-state index contributed by atoms with van der Waals surface area (Å²) in [5.41, 5.74) is 0.0532. The number of carbonyl (C=O) groups excluding carboxylic acids is 1. The summed E-state index contributed by atoms with van der Waals surface area (Å²) in [6.07, 6.45) is 1.85. The van der Waals surface area contributed by atoms with E-state index in [0.717, 1.165) is 0 Å². The van der Waals surface area contributed by atoms with Crippen molar-refractivity contribution in [2.45, 2.75) is 11.2 Å². The Hall–Kier alpha value is -1.43. The quantitative estimate of drug-likeness (QED) is 0.831. The fourth-order valence-electron chi connectivity index (χ4n) is 1.65. The Morgan fingerprint density at radius 1 is 1.62 bits per heavy atom. The van der Waals surface area contributed by atoms with Gasteiger partial charge in [-0.3, -0.25) is 9.69 Å². The molecular weight excluding hydrogens is 276 g/mol. The van der Waals surface area contributed by atoms with E-state index < -0.39 is 5.97 Å². The third-order valence-corrected chi connectivity index (χ3v) is 2.96. The van der Waals surface area contributed by atoms with E-state index >= 15 is 0 Å². The number of nitrogens with zero attached hydrogens (tertiary/aromatic N) is 2. The number of alkyl halides is 1. The first-order chi connectivity index (χ1) is 7.59. The molecule has 0 aromatic carbocycles. The fourth-order valence-corrected chi connectivity index (χ4v) is 2.21. The van der Waals surface area contributed by atoms with Crippen LogP contribution in [0.3, 0.4) is 0 Å². The summed E-state index contributed by atoms with van der Waals surface area (Å²) in [6, 6.07) is 2.98. The number of carboxylic acids is 1. The van der Waals surface area contributed by atoms with Gasteiger partial charge in [0.05, 0.1) is 0 Å². The number of pyridine rings is 1. The first-order valence-corrected chi connectivity index (χ1v) is 5.64. The number of rotatable bonds is 2. The van der Waals surface area contributed by atoms with E-state index in [1.54, 1.807) is 6.07 Å². The van der Waals surface area contributed by atoms with Gasteiger partial charge in [-0.25, -0.2) is 9.78 Å². The predicted molar refractivity (Wildman–Crippen MR) is 60.9 cm³/mol. The van der Waals surface area contributed by atoms with Gasteiger partial charge in [-0.05, 0) is 12.1 Å². The molecule has 1 aliphatic rings. The summed E-state index contributed by atoms with van der Waals surface area (Å²) in [4.78, 5) is 28.0. The average molecular weight is 285 g/mol. The molecule has 0 bridgehead atoms. The van der Waals surface area contributed by atoms with Gasteiger partial charge < -0.3 is 5.11 Å². The highest BCUT2D eigenvalue weighted by molar-refractivity contribution is 9.09. The van der Waals surface area contributed by atoms with E-state index in [1.165, 1.54) is 17.2 Å². The molecule has 1 aromatic rings. The Labute approximate surface area is 100 Å². The lowest BCUT2D eigenvalue weighted by atomic mass is 10.2. The Bertz CT molecular complexity index is 449. The molecule has 1 saturated heterocycles. The van der Waals surface area contributed by atoms with Gasteiger partial charge >= 0.3 is 5.97 Å².